The summed E-state index contributed by atoms with van der Waals surface area (Å²) in [5, 5.41) is 7.28. The summed E-state index contributed by atoms with van der Waals surface area (Å²) in [4.78, 5) is 12.4. The van der Waals surface area contributed by atoms with Gasteiger partial charge in [-0.05, 0) is 36.6 Å². The smallest absolute Gasteiger partial charge is 0.269 e. The van der Waals surface area contributed by atoms with Crippen molar-refractivity contribution in [2.75, 3.05) is 6.61 Å². The van der Waals surface area contributed by atoms with Gasteiger partial charge >= 0.3 is 0 Å². The Morgan fingerprint density at radius 2 is 1.89 bits per heavy atom. The molecule has 0 fully saturated rings. The summed E-state index contributed by atoms with van der Waals surface area (Å²) in [6.07, 6.45) is 8.34. The van der Waals surface area contributed by atoms with E-state index >= 15 is 0 Å². The third kappa shape index (κ3) is 7.08. The first-order valence-electron chi connectivity index (χ1n) is 10.2. The zero-order chi connectivity index (χ0) is 19.5. The second kappa shape index (κ2) is 11.4. The van der Waals surface area contributed by atoms with Crippen LogP contribution in [0.5, 0.6) is 5.75 Å². The van der Waals surface area contributed by atoms with Gasteiger partial charge in [0.15, 0.2) is 0 Å². The number of carbonyl (C=O) groups excluding carboxylic acids is 1. The number of amides is 1. The minimum atomic E-state index is -0.108. The van der Waals surface area contributed by atoms with Gasteiger partial charge in [0.05, 0.1) is 12.3 Å². The van der Waals surface area contributed by atoms with Gasteiger partial charge < -0.3 is 10.1 Å². The summed E-state index contributed by atoms with van der Waals surface area (Å²) in [5.74, 6) is 0.757. The van der Waals surface area contributed by atoms with E-state index in [1.807, 2.05) is 37.3 Å². The van der Waals surface area contributed by atoms with Crippen LogP contribution in [0.25, 0.3) is 0 Å². The predicted octanol–water partition coefficient (Wildman–Crippen LogP) is 4.65. The third-order valence-corrected chi connectivity index (χ3v) is 4.64. The topological polar surface area (TPSA) is 56.1 Å². The van der Waals surface area contributed by atoms with Gasteiger partial charge in [0.2, 0.25) is 0 Å². The Hall–Kier alpha value is -2.30. The van der Waals surface area contributed by atoms with Crippen LogP contribution < -0.4 is 10.1 Å². The average molecular weight is 372 g/mol. The fraction of sp³-hybridized carbons (Fsp3) is 0.545. The summed E-state index contributed by atoms with van der Waals surface area (Å²) in [5.41, 5.74) is 2.54. The zero-order valence-corrected chi connectivity index (χ0v) is 17.0. The van der Waals surface area contributed by atoms with E-state index in [4.69, 9.17) is 4.74 Å². The number of hydrogen-bond donors (Lipinski definition) is 1. The summed E-state index contributed by atoms with van der Waals surface area (Å²) in [6, 6.07) is 9.78. The molecule has 0 radical (unpaired) electrons. The fourth-order valence-electron chi connectivity index (χ4n) is 3.00. The monoisotopic (exact) mass is 371 g/mol. The standard InChI is InChI=1S/C22H33N3O2/c1-4-6-7-8-9-10-14-27-20-13-11-12-18(15-20)17-23-22(26)21-16-19(5-2)24-25(21)3/h11-13,15-16H,4-10,14,17H2,1-3H3,(H,23,26). The van der Waals surface area contributed by atoms with Crippen molar-refractivity contribution in [2.45, 2.75) is 65.3 Å². The summed E-state index contributed by atoms with van der Waals surface area (Å²) in [6.45, 7) is 5.48. The van der Waals surface area contributed by atoms with Crippen LogP contribution in [0.2, 0.25) is 0 Å². The first kappa shape index (κ1) is 21.0. The van der Waals surface area contributed by atoms with Gasteiger partial charge in [-0.25, -0.2) is 0 Å². The molecule has 0 spiro atoms. The molecule has 0 saturated carbocycles. The van der Waals surface area contributed by atoms with Crippen molar-refractivity contribution in [3.63, 3.8) is 0 Å². The van der Waals surface area contributed by atoms with Gasteiger partial charge in [0.1, 0.15) is 11.4 Å². The molecule has 5 nitrogen and oxygen atoms in total. The Kier molecular flexibility index (Phi) is 8.89. The van der Waals surface area contributed by atoms with Gasteiger partial charge in [-0.2, -0.15) is 5.10 Å². The van der Waals surface area contributed by atoms with E-state index in [1.165, 1.54) is 32.1 Å². The number of ether oxygens (including phenoxy) is 1. The van der Waals surface area contributed by atoms with Crippen molar-refractivity contribution in [1.82, 2.24) is 15.1 Å². The Balaban J connectivity index is 1.76. The SMILES string of the molecule is CCCCCCCCOc1cccc(CNC(=O)c2cc(CC)nn2C)c1. The van der Waals surface area contributed by atoms with Crippen LogP contribution in [0, 0.1) is 0 Å². The highest BCUT2D eigenvalue weighted by Gasteiger charge is 2.12. The van der Waals surface area contributed by atoms with E-state index in [-0.39, 0.29) is 5.91 Å². The van der Waals surface area contributed by atoms with Crippen molar-refractivity contribution in [3.8, 4) is 5.75 Å². The first-order valence-corrected chi connectivity index (χ1v) is 10.2. The highest BCUT2D eigenvalue weighted by molar-refractivity contribution is 5.92. The molecule has 1 aromatic carbocycles. The number of carbonyl (C=O) groups is 1. The molecule has 0 atom stereocenters. The molecule has 0 unspecified atom stereocenters. The van der Waals surface area contributed by atoms with E-state index in [0.717, 1.165) is 36.5 Å². The summed E-state index contributed by atoms with van der Waals surface area (Å²) in [7, 11) is 1.80. The van der Waals surface area contributed by atoms with E-state index in [1.54, 1.807) is 11.7 Å². The summed E-state index contributed by atoms with van der Waals surface area (Å²) >= 11 is 0. The maximum Gasteiger partial charge on any atom is 0.269 e. The van der Waals surface area contributed by atoms with Crippen molar-refractivity contribution in [3.05, 3.63) is 47.3 Å². The molecular weight excluding hydrogens is 338 g/mol. The molecule has 5 heteroatoms. The van der Waals surface area contributed by atoms with E-state index in [9.17, 15) is 4.79 Å². The van der Waals surface area contributed by atoms with Crippen LogP contribution in [0.3, 0.4) is 0 Å². The molecule has 0 aliphatic heterocycles. The number of aryl methyl sites for hydroxylation is 2. The number of hydrogen-bond acceptors (Lipinski definition) is 3. The number of nitrogens with zero attached hydrogens (tertiary/aromatic N) is 2. The molecule has 1 heterocycles. The number of nitrogens with one attached hydrogen (secondary N) is 1. The van der Waals surface area contributed by atoms with Crippen molar-refractivity contribution < 1.29 is 9.53 Å². The molecule has 2 aromatic rings. The minimum Gasteiger partial charge on any atom is -0.494 e. The van der Waals surface area contributed by atoms with Crippen LogP contribution in [-0.4, -0.2) is 22.3 Å². The number of benzene rings is 1. The maximum absolute atomic E-state index is 12.4. The lowest BCUT2D eigenvalue weighted by atomic mass is 10.1. The molecule has 0 aliphatic rings. The van der Waals surface area contributed by atoms with E-state index < -0.39 is 0 Å². The van der Waals surface area contributed by atoms with Gasteiger partial charge in [0.25, 0.3) is 5.91 Å². The highest BCUT2D eigenvalue weighted by atomic mass is 16.5. The van der Waals surface area contributed by atoms with Gasteiger partial charge in [0, 0.05) is 13.6 Å². The quantitative estimate of drug-likeness (QED) is 0.553. The molecular formula is C22H33N3O2. The third-order valence-electron chi connectivity index (χ3n) is 4.64. The molecule has 27 heavy (non-hydrogen) atoms. The predicted molar refractivity (Wildman–Crippen MR) is 109 cm³/mol. The van der Waals surface area contributed by atoms with Gasteiger partial charge in [-0.3, -0.25) is 9.48 Å². The molecule has 1 N–H and O–H groups in total. The minimum absolute atomic E-state index is 0.108. The van der Waals surface area contributed by atoms with Crippen LogP contribution in [0.1, 0.15) is 74.1 Å². The van der Waals surface area contributed by atoms with E-state index in [0.29, 0.717) is 12.2 Å². The first-order chi connectivity index (χ1) is 13.1. The van der Waals surface area contributed by atoms with Gasteiger partial charge in [-0.15, -0.1) is 0 Å². The van der Waals surface area contributed by atoms with Crippen molar-refractivity contribution in [2.24, 2.45) is 7.05 Å². The molecule has 148 valence electrons. The average Bonchev–Trinajstić information content (AvgIpc) is 3.07. The Morgan fingerprint density at radius 3 is 2.63 bits per heavy atom. The summed E-state index contributed by atoms with van der Waals surface area (Å²) < 4.78 is 7.49. The second-order valence-corrected chi connectivity index (χ2v) is 6.94. The zero-order valence-electron chi connectivity index (χ0n) is 17.0. The Labute approximate surface area is 163 Å². The Morgan fingerprint density at radius 1 is 1.11 bits per heavy atom. The van der Waals surface area contributed by atoms with Crippen LogP contribution in [0.4, 0.5) is 0 Å². The molecule has 0 aliphatic carbocycles. The molecule has 0 saturated heterocycles. The molecule has 1 aromatic heterocycles. The fourth-order valence-corrected chi connectivity index (χ4v) is 3.00. The number of aromatic nitrogens is 2. The molecule has 2 rings (SSSR count). The van der Waals surface area contributed by atoms with E-state index in [2.05, 4.69) is 17.3 Å². The number of rotatable bonds is 12. The van der Waals surface area contributed by atoms with Crippen LogP contribution in [-0.2, 0) is 20.0 Å². The van der Waals surface area contributed by atoms with Crippen LogP contribution in [0.15, 0.2) is 30.3 Å². The van der Waals surface area contributed by atoms with Crippen LogP contribution >= 0.6 is 0 Å². The normalized spacial score (nSPS) is 10.8. The lowest BCUT2D eigenvalue weighted by Crippen LogP contribution is -2.25. The Bertz CT molecular complexity index is 709. The van der Waals surface area contributed by atoms with Crippen molar-refractivity contribution in [1.29, 1.82) is 0 Å². The molecule has 0 bridgehead atoms. The van der Waals surface area contributed by atoms with Gasteiger partial charge in [-0.1, -0.05) is 58.1 Å². The second-order valence-electron chi connectivity index (χ2n) is 6.94. The van der Waals surface area contributed by atoms with Crippen molar-refractivity contribution >= 4 is 5.91 Å². The lowest BCUT2D eigenvalue weighted by Gasteiger charge is -2.09. The lowest BCUT2D eigenvalue weighted by molar-refractivity contribution is 0.0941. The number of unbranched alkanes of at least 4 members (excludes halogenated alkanes) is 5. The largest absolute Gasteiger partial charge is 0.494 e. The maximum atomic E-state index is 12.4. The highest BCUT2D eigenvalue weighted by Crippen LogP contribution is 2.15. The molecule has 1 amide bonds.